The second-order valence-electron chi connectivity index (χ2n) is 5.82. The number of hydrogen-bond donors (Lipinski definition) is 2. The van der Waals surface area contributed by atoms with E-state index in [0.29, 0.717) is 11.3 Å². The summed E-state index contributed by atoms with van der Waals surface area (Å²) >= 11 is 5.03. The fourth-order valence-electron chi connectivity index (χ4n) is 2.82. The Morgan fingerprint density at radius 3 is 2.78 bits per heavy atom. The minimum absolute atomic E-state index is 0.0724. The van der Waals surface area contributed by atoms with Crippen LogP contribution in [0.3, 0.4) is 0 Å². The van der Waals surface area contributed by atoms with Gasteiger partial charge in [-0.15, -0.1) is 0 Å². The van der Waals surface area contributed by atoms with Gasteiger partial charge in [0.25, 0.3) is 5.56 Å². The van der Waals surface area contributed by atoms with Crippen LogP contribution in [-0.2, 0) is 19.5 Å². The Morgan fingerprint density at radius 1 is 1.26 bits per heavy atom. The second-order valence-corrected chi connectivity index (χ2v) is 6.23. The SMILES string of the molecule is CCCOc1ccc(CN2CCc3[nH]c(=S)[nH]c(=O)c3C2)cc1. The summed E-state index contributed by atoms with van der Waals surface area (Å²) in [6, 6.07) is 8.19. The van der Waals surface area contributed by atoms with E-state index < -0.39 is 0 Å². The minimum Gasteiger partial charge on any atom is -0.494 e. The molecule has 1 aromatic heterocycles. The molecule has 0 unspecified atom stereocenters. The lowest BCUT2D eigenvalue weighted by atomic mass is 10.1. The summed E-state index contributed by atoms with van der Waals surface area (Å²) in [4.78, 5) is 20.1. The highest BCUT2D eigenvalue weighted by atomic mass is 32.1. The monoisotopic (exact) mass is 331 g/mol. The molecule has 0 bridgehead atoms. The van der Waals surface area contributed by atoms with E-state index in [1.54, 1.807) is 0 Å². The fraction of sp³-hybridized carbons (Fsp3) is 0.412. The van der Waals surface area contributed by atoms with Crippen molar-refractivity contribution < 1.29 is 4.74 Å². The molecule has 2 aromatic rings. The first-order valence-electron chi connectivity index (χ1n) is 7.94. The van der Waals surface area contributed by atoms with Gasteiger partial charge >= 0.3 is 0 Å². The first-order chi connectivity index (χ1) is 11.2. The zero-order valence-corrected chi connectivity index (χ0v) is 14.0. The van der Waals surface area contributed by atoms with E-state index in [2.05, 4.69) is 33.9 Å². The molecule has 0 amide bonds. The van der Waals surface area contributed by atoms with Crippen molar-refractivity contribution in [1.82, 2.24) is 14.9 Å². The molecule has 6 heteroatoms. The molecule has 0 saturated heterocycles. The summed E-state index contributed by atoms with van der Waals surface area (Å²) in [6.45, 7) is 5.21. The average Bonchev–Trinajstić information content (AvgIpc) is 2.55. The third kappa shape index (κ3) is 3.89. The molecule has 0 atom stereocenters. The number of benzene rings is 1. The van der Waals surface area contributed by atoms with Crippen molar-refractivity contribution in [1.29, 1.82) is 0 Å². The van der Waals surface area contributed by atoms with Crippen LogP contribution < -0.4 is 10.3 Å². The van der Waals surface area contributed by atoms with Gasteiger partial charge in [-0.05, 0) is 36.3 Å². The Kier molecular flexibility index (Phi) is 4.93. The summed E-state index contributed by atoms with van der Waals surface area (Å²) in [5.74, 6) is 0.906. The molecule has 0 radical (unpaired) electrons. The van der Waals surface area contributed by atoms with E-state index in [4.69, 9.17) is 17.0 Å². The van der Waals surface area contributed by atoms with E-state index in [1.165, 1.54) is 5.56 Å². The maximum atomic E-state index is 12.0. The van der Waals surface area contributed by atoms with Crippen LogP contribution in [0.15, 0.2) is 29.1 Å². The van der Waals surface area contributed by atoms with Crippen LogP contribution in [0.5, 0.6) is 5.75 Å². The molecule has 0 saturated carbocycles. The van der Waals surface area contributed by atoms with Crippen LogP contribution in [0.2, 0.25) is 0 Å². The van der Waals surface area contributed by atoms with Crippen molar-refractivity contribution in [2.45, 2.75) is 32.9 Å². The zero-order valence-electron chi connectivity index (χ0n) is 13.2. The predicted molar refractivity (Wildman–Crippen MR) is 92.3 cm³/mol. The van der Waals surface area contributed by atoms with Gasteiger partial charge in [-0.1, -0.05) is 19.1 Å². The van der Waals surface area contributed by atoms with E-state index in [1.807, 2.05) is 12.1 Å². The molecule has 122 valence electrons. The lowest BCUT2D eigenvalue weighted by Crippen LogP contribution is -2.35. The van der Waals surface area contributed by atoms with E-state index >= 15 is 0 Å². The van der Waals surface area contributed by atoms with Gasteiger partial charge in [0.15, 0.2) is 4.77 Å². The number of nitrogens with zero attached hydrogens (tertiary/aromatic N) is 1. The summed E-state index contributed by atoms with van der Waals surface area (Å²) in [5.41, 5.74) is 2.92. The Balaban J connectivity index is 1.67. The molecule has 1 aromatic carbocycles. The molecule has 2 heterocycles. The molecular weight excluding hydrogens is 310 g/mol. The van der Waals surface area contributed by atoms with Crippen LogP contribution >= 0.6 is 12.2 Å². The maximum absolute atomic E-state index is 12.0. The Hall–Kier alpha value is -1.92. The summed E-state index contributed by atoms with van der Waals surface area (Å²) in [5, 5.41) is 0. The number of H-pyrrole nitrogens is 2. The van der Waals surface area contributed by atoms with Crippen LogP contribution in [0, 0.1) is 4.77 Å². The van der Waals surface area contributed by atoms with Gasteiger partial charge in [0.1, 0.15) is 5.75 Å². The van der Waals surface area contributed by atoms with Crippen LogP contribution in [0.1, 0.15) is 30.2 Å². The van der Waals surface area contributed by atoms with Crippen LogP contribution in [0.25, 0.3) is 0 Å². The number of nitrogens with one attached hydrogen (secondary N) is 2. The molecule has 0 spiro atoms. The quantitative estimate of drug-likeness (QED) is 0.827. The summed E-state index contributed by atoms with van der Waals surface area (Å²) < 4.78 is 6.01. The maximum Gasteiger partial charge on any atom is 0.256 e. The normalized spacial score (nSPS) is 14.5. The fourth-order valence-corrected chi connectivity index (χ4v) is 3.03. The van der Waals surface area contributed by atoms with Gasteiger partial charge in [-0.2, -0.15) is 0 Å². The van der Waals surface area contributed by atoms with Crippen molar-refractivity contribution in [3.05, 3.63) is 56.2 Å². The third-order valence-corrected chi connectivity index (χ3v) is 4.20. The van der Waals surface area contributed by atoms with Crippen LogP contribution in [0.4, 0.5) is 0 Å². The minimum atomic E-state index is -0.0724. The lowest BCUT2D eigenvalue weighted by molar-refractivity contribution is 0.241. The van der Waals surface area contributed by atoms with E-state index in [-0.39, 0.29) is 5.56 Å². The predicted octanol–water partition coefficient (Wildman–Crippen LogP) is 2.78. The van der Waals surface area contributed by atoms with Crippen molar-refractivity contribution in [2.24, 2.45) is 0 Å². The first kappa shape index (κ1) is 16.0. The number of aromatic amines is 2. The van der Waals surface area contributed by atoms with Gasteiger partial charge < -0.3 is 9.72 Å². The number of fused-ring (bicyclic) bond motifs is 1. The second kappa shape index (κ2) is 7.10. The first-order valence-corrected chi connectivity index (χ1v) is 8.35. The molecule has 2 N–H and O–H groups in total. The van der Waals surface area contributed by atoms with Gasteiger partial charge in [-0.3, -0.25) is 14.7 Å². The highest BCUT2D eigenvalue weighted by Crippen LogP contribution is 2.18. The Bertz CT molecular complexity index is 780. The number of hydrogen-bond acceptors (Lipinski definition) is 4. The van der Waals surface area contributed by atoms with Crippen LogP contribution in [-0.4, -0.2) is 28.0 Å². The largest absolute Gasteiger partial charge is 0.494 e. The standard InChI is InChI=1S/C17H21N3O2S/c1-2-9-22-13-5-3-12(4-6-13)10-20-8-7-15-14(11-20)16(21)19-17(23)18-15/h3-6H,2,7-11H2,1H3,(H2,18,19,21,23). The molecule has 3 rings (SSSR count). The molecule has 0 aliphatic carbocycles. The van der Waals surface area contributed by atoms with Gasteiger partial charge in [0, 0.05) is 31.7 Å². The molecule has 0 fully saturated rings. The molecular formula is C17H21N3O2S. The van der Waals surface area contributed by atoms with Gasteiger partial charge in [-0.25, -0.2) is 0 Å². The molecule has 5 nitrogen and oxygen atoms in total. The Labute approximate surface area is 140 Å². The highest BCUT2D eigenvalue weighted by Gasteiger charge is 2.19. The third-order valence-electron chi connectivity index (χ3n) is 3.99. The number of aromatic nitrogens is 2. The number of ether oxygens (including phenoxy) is 1. The molecule has 23 heavy (non-hydrogen) atoms. The average molecular weight is 331 g/mol. The lowest BCUT2D eigenvalue weighted by Gasteiger charge is -2.27. The Morgan fingerprint density at radius 2 is 2.04 bits per heavy atom. The zero-order chi connectivity index (χ0) is 16.2. The van der Waals surface area contributed by atoms with Gasteiger partial charge in [0.05, 0.1) is 12.2 Å². The molecule has 1 aliphatic heterocycles. The van der Waals surface area contributed by atoms with Crippen molar-refractivity contribution in [3.63, 3.8) is 0 Å². The van der Waals surface area contributed by atoms with E-state index in [9.17, 15) is 4.79 Å². The van der Waals surface area contributed by atoms with E-state index in [0.717, 1.165) is 49.5 Å². The number of rotatable bonds is 5. The van der Waals surface area contributed by atoms with Gasteiger partial charge in [0.2, 0.25) is 0 Å². The van der Waals surface area contributed by atoms with Crippen molar-refractivity contribution >= 4 is 12.2 Å². The summed E-state index contributed by atoms with van der Waals surface area (Å²) in [6.07, 6.45) is 1.83. The topological polar surface area (TPSA) is 61.1 Å². The summed E-state index contributed by atoms with van der Waals surface area (Å²) in [7, 11) is 0. The van der Waals surface area contributed by atoms with Crippen molar-refractivity contribution in [2.75, 3.05) is 13.2 Å². The molecule has 1 aliphatic rings. The van der Waals surface area contributed by atoms with Crippen molar-refractivity contribution in [3.8, 4) is 5.75 Å². The highest BCUT2D eigenvalue weighted by molar-refractivity contribution is 7.71. The smallest absolute Gasteiger partial charge is 0.256 e.